The van der Waals surface area contributed by atoms with Gasteiger partial charge in [0, 0.05) is 22.4 Å². The summed E-state index contributed by atoms with van der Waals surface area (Å²) in [6.07, 6.45) is -0.667. The van der Waals surface area contributed by atoms with Gasteiger partial charge in [0.05, 0.1) is 5.57 Å². The summed E-state index contributed by atoms with van der Waals surface area (Å²) in [5.74, 6) is 0.353. The lowest BCUT2D eigenvalue weighted by atomic mass is 9.96. The van der Waals surface area contributed by atoms with Crippen molar-refractivity contribution in [3.63, 3.8) is 0 Å². The molecular formula is C30H23NO3. The van der Waals surface area contributed by atoms with Gasteiger partial charge in [0.2, 0.25) is 6.23 Å². The fraction of sp³-hybridized carbons (Fsp3) is 0.0667. The van der Waals surface area contributed by atoms with Crippen LogP contribution in [0.25, 0.3) is 11.3 Å². The van der Waals surface area contributed by atoms with Crippen molar-refractivity contribution >= 4 is 28.7 Å². The zero-order valence-corrected chi connectivity index (χ0v) is 18.7. The van der Waals surface area contributed by atoms with Gasteiger partial charge in [-0.1, -0.05) is 91.0 Å². The molecule has 1 aliphatic rings. The summed E-state index contributed by atoms with van der Waals surface area (Å²) < 4.78 is 6.66. The molecule has 1 aliphatic heterocycles. The topological polar surface area (TPSA) is 46.6 Å². The summed E-state index contributed by atoms with van der Waals surface area (Å²) in [4.78, 5) is 27.7. The number of carbonyl (C=O) groups excluding carboxylic acids is 2. The molecule has 0 saturated heterocycles. The standard InChI is InChI=1S/C30H23NO3/c1-21(32)22-17-19-26(20-18-22)31-29(33)27(23-11-5-2-6-12-23)28(24-13-7-3-8-14-24)34-30(31)25-15-9-4-10-16-25/h2-20,30H,1H3/t30-/m1/s1. The predicted octanol–water partition coefficient (Wildman–Crippen LogP) is 6.52. The van der Waals surface area contributed by atoms with Gasteiger partial charge in [-0.05, 0) is 36.8 Å². The van der Waals surface area contributed by atoms with Crippen molar-refractivity contribution in [3.8, 4) is 0 Å². The lowest BCUT2D eigenvalue weighted by Crippen LogP contribution is -2.40. The first-order valence-corrected chi connectivity index (χ1v) is 11.1. The molecule has 0 radical (unpaired) electrons. The van der Waals surface area contributed by atoms with E-state index in [0.717, 1.165) is 16.7 Å². The van der Waals surface area contributed by atoms with Crippen LogP contribution >= 0.6 is 0 Å². The van der Waals surface area contributed by atoms with Gasteiger partial charge in [-0.25, -0.2) is 0 Å². The lowest BCUT2D eigenvalue weighted by molar-refractivity contribution is -0.116. The number of benzene rings is 4. The monoisotopic (exact) mass is 445 g/mol. The van der Waals surface area contributed by atoms with E-state index in [0.29, 0.717) is 22.6 Å². The zero-order chi connectivity index (χ0) is 23.5. The van der Waals surface area contributed by atoms with Crippen LogP contribution in [0.2, 0.25) is 0 Å². The van der Waals surface area contributed by atoms with Crippen molar-refractivity contribution in [2.24, 2.45) is 0 Å². The summed E-state index contributed by atoms with van der Waals surface area (Å²) in [5.41, 5.74) is 4.21. The molecule has 166 valence electrons. The summed E-state index contributed by atoms with van der Waals surface area (Å²) in [6, 6.07) is 36.0. The Hall–Kier alpha value is -4.44. The van der Waals surface area contributed by atoms with Gasteiger partial charge in [-0.3, -0.25) is 14.5 Å². The molecule has 5 rings (SSSR count). The number of nitrogens with zero attached hydrogens (tertiary/aromatic N) is 1. The van der Waals surface area contributed by atoms with Crippen LogP contribution in [-0.4, -0.2) is 11.7 Å². The van der Waals surface area contributed by atoms with Gasteiger partial charge in [-0.2, -0.15) is 0 Å². The molecule has 4 nitrogen and oxygen atoms in total. The molecule has 4 heteroatoms. The molecule has 0 fully saturated rings. The van der Waals surface area contributed by atoms with E-state index in [1.165, 1.54) is 6.92 Å². The first kappa shape index (κ1) is 21.4. The molecule has 34 heavy (non-hydrogen) atoms. The molecule has 0 N–H and O–H groups in total. The second kappa shape index (κ2) is 9.20. The normalized spacial score (nSPS) is 15.7. The van der Waals surface area contributed by atoms with Crippen LogP contribution in [0, 0.1) is 0 Å². The number of anilines is 1. The molecule has 4 aromatic carbocycles. The van der Waals surface area contributed by atoms with Crippen LogP contribution in [0.15, 0.2) is 115 Å². The largest absolute Gasteiger partial charge is 0.464 e. The average molecular weight is 446 g/mol. The molecule has 0 bridgehead atoms. The van der Waals surface area contributed by atoms with Crippen LogP contribution in [0.5, 0.6) is 0 Å². The van der Waals surface area contributed by atoms with Gasteiger partial charge < -0.3 is 4.74 Å². The quantitative estimate of drug-likeness (QED) is 0.329. The fourth-order valence-electron chi connectivity index (χ4n) is 4.15. The maximum Gasteiger partial charge on any atom is 0.265 e. The van der Waals surface area contributed by atoms with Gasteiger partial charge in [0.1, 0.15) is 5.76 Å². The van der Waals surface area contributed by atoms with E-state index in [-0.39, 0.29) is 11.7 Å². The minimum absolute atomic E-state index is 0.0244. The second-order valence-electron chi connectivity index (χ2n) is 8.10. The van der Waals surface area contributed by atoms with Crippen molar-refractivity contribution in [2.75, 3.05) is 4.90 Å². The average Bonchev–Trinajstić information content (AvgIpc) is 2.89. The molecule has 1 amide bonds. The van der Waals surface area contributed by atoms with Crippen LogP contribution in [0.3, 0.4) is 0 Å². The Labute approximate surface area is 198 Å². The van der Waals surface area contributed by atoms with E-state index in [2.05, 4.69) is 0 Å². The summed E-state index contributed by atoms with van der Waals surface area (Å²) >= 11 is 0. The third kappa shape index (κ3) is 4.02. The Kier molecular flexibility index (Phi) is 5.79. The van der Waals surface area contributed by atoms with E-state index < -0.39 is 6.23 Å². The number of rotatable bonds is 5. The molecular weight excluding hydrogens is 422 g/mol. The van der Waals surface area contributed by atoms with E-state index in [9.17, 15) is 9.59 Å². The Morgan fingerprint density at radius 1 is 0.706 bits per heavy atom. The molecule has 1 heterocycles. The molecule has 0 aromatic heterocycles. The van der Waals surface area contributed by atoms with Gasteiger partial charge >= 0.3 is 0 Å². The van der Waals surface area contributed by atoms with Crippen LogP contribution in [0.4, 0.5) is 5.69 Å². The predicted molar refractivity (Wildman–Crippen MR) is 134 cm³/mol. The Bertz CT molecular complexity index is 1340. The number of ketones is 1. The minimum Gasteiger partial charge on any atom is -0.464 e. The number of ether oxygens (including phenoxy) is 1. The summed E-state index contributed by atoms with van der Waals surface area (Å²) in [6.45, 7) is 1.53. The van der Waals surface area contributed by atoms with Crippen molar-refractivity contribution in [3.05, 3.63) is 138 Å². The van der Waals surface area contributed by atoms with Gasteiger partial charge in [-0.15, -0.1) is 0 Å². The third-order valence-electron chi connectivity index (χ3n) is 5.86. The summed E-state index contributed by atoms with van der Waals surface area (Å²) in [7, 11) is 0. The first-order chi connectivity index (χ1) is 16.6. The number of Topliss-reactive ketones (excluding diaryl/α,β-unsaturated/α-hetero) is 1. The maximum absolute atomic E-state index is 14.2. The van der Waals surface area contributed by atoms with E-state index >= 15 is 0 Å². The maximum atomic E-state index is 14.2. The van der Waals surface area contributed by atoms with Crippen molar-refractivity contribution in [1.82, 2.24) is 0 Å². The smallest absolute Gasteiger partial charge is 0.265 e. The molecule has 0 saturated carbocycles. The van der Waals surface area contributed by atoms with Crippen molar-refractivity contribution in [2.45, 2.75) is 13.2 Å². The third-order valence-corrected chi connectivity index (χ3v) is 5.86. The molecule has 1 atom stereocenters. The van der Waals surface area contributed by atoms with E-state index in [4.69, 9.17) is 4.74 Å². The number of amides is 1. The van der Waals surface area contributed by atoms with Crippen LogP contribution in [0.1, 0.15) is 40.2 Å². The fourth-order valence-corrected chi connectivity index (χ4v) is 4.15. The van der Waals surface area contributed by atoms with Gasteiger partial charge in [0.15, 0.2) is 5.78 Å². The van der Waals surface area contributed by atoms with Gasteiger partial charge in [0.25, 0.3) is 5.91 Å². The SMILES string of the molecule is CC(=O)c1ccc(N2C(=O)C(c3ccccc3)=C(c3ccccc3)O[C@@H]2c2ccccc2)cc1. The van der Waals surface area contributed by atoms with Crippen LogP contribution in [-0.2, 0) is 9.53 Å². The van der Waals surface area contributed by atoms with Crippen LogP contribution < -0.4 is 4.90 Å². The number of carbonyl (C=O) groups is 2. The highest BCUT2D eigenvalue weighted by Crippen LogP contribution is 2.43. The molecule has 0 aliphatic carbocycles. The van der Waals surface area contributed by atoms with E-state index in [1.807, 2.05) is 91.0 Å². The van der Waals surface area contributed by atoms with E-state index in [1.54, 1.807) is 29.2 Å². The zero-order valence-electron chi connectivity index (χ0n) is 18.7. The lowest BCUT2D eigenvalue weighted by Gasteiger charge is -2.38. The number of hydrogen-bond donors (Lipinski definition) is 0. The summed E-state index contributed by atoms with van der Waals surface area (Å²) in [5, 5.41) is 0. The molecule has 0 unspecified atom stereocenters. The highest BCUT2D eigenvalue weighted by atomic mass is 16.5. The Balaban J connectivity index is 1.72. The molecule has 0 spiro atoms. The first-order valence-electron chi connectivity index (χ1n) is 11.1. The molecule has 4 aromatic rings. The Morgan fingerprint density at radius 2 is 1.24 bits per heavy atom. The van der Waals surface area contributed by atoms with Crippen molar-refractivity contribution in [1.29, 1.82) is 0 Å². The Morgan fingerprint density at radius 3 is 1.79 bits per heavy atom. The van der Waals surface area contributed by atoms with Crippen molar-refractivity contribution < 1.29 is 14.3 Å². The highest BCUT2D eigenvalue weighted by molar-refractivity contribution is 6.32. The number of hydrogen-bond acceptors (Lipinski definition) is 3. The highest BCUT2D eigenvalue weighted by Gasteiger charge is 2.38. The minimum atomic E-state index is -0.667. The second-order valence-corrected chi connectivity index (χ2v) is 8.10.